The minimum Gasteiger partial charge on any atom is -0.462 e. The van der Waals surface area contributed by atoms with Gasteiger partial charge in [0.15, 0.2) is 12.2 Å². The highest BCUT2D eigenvalue weighted by Gasteiger charge is 2.30. The van der Waals surface area contributed by atoms with Crippen molar-refractivity contribution in [3.05, 3.63) is 0 Å². The fraction of sp³-hybridized carbons (Fsp3) is 0.955. The van der Waals surface area contributed by atoms with Gasteiger partial charge in [-0.05, 0) is 31.6 Å². The first-order valence-corrected chi connectivity index (χ1v) is 48.6. The average Bonchev–Trinajstić information content (AvgIpc) is 0.875. The van der Waals surface area contributed by atoms with Crippen LogP contribution in [0.4, 0.5) is 0 Å². The van der Waals surface area contributed by atoms with Crippen molar-refractivity contribution in [1.82, 2.24) is 0 Å². The Balaban J connectivity index is 5.14. The number of phosphoric acid groups is 2. The Morgan fingerprint density at radius 2 is 0.430 bits per heavy atom. The van der Waals surface area contributed by atoms with Gasteiger partial charge < -0.3 is 33.8 Å². The molecule has 0 radical (unpaired) electrons. The van der Waals surface area contributed by atoms with E-state index in [1.807, 2.05) is 0 Å². The number of carbonyl (C=O) groups excluding carboxylic acids is 4. The van der Waals surface area contributed by atoms with Crippen LogP contribution in [0, 0.1) is 5.92 Å². The van der Waals surface area contributed by atoms with E-state index in [1.165, 1.54) is 289 Å². The molecule has 0 rings (SSSR count). The van der Waals surface area contributed by atoms with E-state index in [0.717, 1.165) is 109 Å². The summed E-state index contributed by atoms with van der Waals surface area (Å²) in [4.78, 5) is 73.1. The number of carbonyl (C=O) groups is 4. The zero-order chi connectivity index (χ0) is 78.3. The number of phosphoric ester groups is 2. The quantitative estimate of drug-likeness (QED) is 0.0222. The van der Waals surface area contributed by atoms with Gasteiger partial charge in [-0.2, -0.15) is 0 Å². The van der Waals surface area contributed by atoms with Gasteiger partial charge in [0.1, 0.15) is 19.3 Å². The molecule has 0 aromatic rings. The van der Waals surface area contributed by atoms with E-state index in [4.69, 9.17) is 37.0 Å². The van der Waals surface area contributed by atoms with Gasteiger partial charge in [0.25, 0.3) is 0 Å². The van der Waals surface area contributed by atoms with E-state index in [0.29, 0.717) is 25.7 Å². The molecule has 5 atom stereocenters. The second-order valence-corrected chi connectivity index (χ2v) is 35.0. The molecule has 636 valence electrons. The largest absolute Gasteiger partial charge is 0.472 e. The second-order valence-electron chi connectivity index (χ2n) is 32.1. The maximum Gasteiger partial charge on any atom is 0.472 e. The summed E-state index contributed by atoms with van der Waals surface area (Å²) in [5, 5.41) is 10.7. The third-order valence-electron chi connectivity index (χ3n) is 20.8. The number of aliphatic hydroxyl groups is 1. The number of ether oxygens (including phenoxy) is 4. The Labute approximate surface area is 658 Å². The summed E-state index contributed by atoms with van der Waals surface area (Å²) < 4.78 is 68.8. The molecular formula is C88H172O17P2. The monoisotopic (exact) mass is 1560 g/mol. The molecular weight excluding hydrogens is 1390 g/mol. The lowest BCUT2D eigenvalue weighted by atomic mass is 10.0. The molecule has 0 aliphatic rings. The number of unbranched alkanes of at least 4 members (excludes halogenated alkanes) is 60. The van der Waals surface area contributed by atoms with E-state index in [-0.39, 0.29) is 25.7 Å². The second kappa shape index (κ2) is 80.7. The van der Waals surface area contributed by atoms with E-state index in [9.17, 15) is 43.2 Å². The third kappa shape index (κ3) is 81.9. The minimum absolute atomic E-state index is 0.109. The van der Waals surface area contributed by atoms with Crippen molar-refractivity contribution in [1.29, 1.82) is 0 Å². The standard InChI is InChI=1S/C88H172O17P2/c1-6-9-12-15-18-20-22-24-26-28-30-31-32-34-36-42-46-50-54-59-64-69-74-88(93)105-84(78-99-86(91)72-67-62-57-52-48-44-40-38-37-39-43-47-51-56-60-65-70-81(4)5)80-103-107(96,97)101-76-82(89)75-100-106(94,95)102-79-83(77-98-85(90)71-66-61-55-17-14-11-8-3)104-87(92)73-68-63-58-53-49-45-41-35-33-29-27-25-23-21-19-16-13-10-7-2/h81-84,89H,6-80H2,1-5H3,(H,94,95)(H,96,97)/t82-,83+,84+/m0/s1. The Morgan fingerprint density at radius 1 is 0.252 bits per heavy atom. The Bertz CT molecular complexity index is 2030. The van der Waals surface area contributed by atoms with Crippen molar-refractivity contribution in [2.75, 3.05) is 39.6 Å². The van der Waals surface area contributed by atoms with Gasteiger partial charge in [-0.1, -0.05) is 426 Å². The summed E-state index contributed by atoms with van der Waals surface area (Å²) in [5.74, 6) is -1.29. The molecule has 17 nitrogen and oxygen atoms in total. The minimum atomic E-state index is -4.97. The molecule has 0 bridgehead atoms. The summed E-state index contributed by atoms with van der Waals surface area (Å²) in [7, 11) is -9.92. The normalized spacial score (nSPS) is 13.7. The summed E-state index contributed by atoms with van der Waals surface area (Å²) >= 11 is 0. The summed E-state index contributed by atoms with van der Waals surface area (Å²) in [5.41, 5.74) is 0. The first-order valence-electron chi connectivity index (χ1n) is 45.6. The first kappa shape index (κ1) is 105. The van der Waals surface area contributed by atoms with Crippen molar-refractivity contribution in [3.63, 3.8) is 0 Å². The molecule has 0 saturated heterocycles. The zero-order valence-corrected chi connectivity index (χ0v) is 72.1. The van der Waals surface area contributed by atoms with Crippen LogP contribution in [0.5, 0.6) is 0 Å². The van der Waals surface area contributed by atoms with Crippen molar-refractivity contribution in [2.45, 2.75) is 496 Å². The zero-order valence-electron chi connectivity index (χ0n) is 70.3. The van der Waals surface area contributed by atoms with Gasteiger partial charge in [0.05, 0.1) is 26.4 Å². The molecule has 0 amide bonds. The fourth-order valence-electron chi connectivity index (χ4n) is 13.8. The van der Waals surface area contributed by atoms with Crippen LogP contribution in [0.1, 0.15) is 478 Å². The number of esters is 4. The highest BCUT2D eigenvalue weighted by atomic mass is 31.2. The van der Waals surface area contributed by atoms with Gasteiger partial charge in [0, 0.05) is 25.7 Å². The molecule has 0 fully saturated rings. The van der Waals surface area contributed by atoms with Crippen LogP contribution in [0.25, 0.3) is 0 Å². The smallest absolute Gasteiger partial charge is 0.462 e. The van der Waals surface area contributed by atoms with Crippen molar-refractivity contribution >= 4 is 39.5 Å². The van der Waals surface area contributed by atoms with Crippen LogP contribution >= 0.6 is 15.6 Å². The lowest BCUT2D eigenvalue weighted by molar-refractivity contribution is -0.161. The van der Waals surface area contributed by atoms with Crippen LogP contribution in [0.2, 0.25) is 0 Å². The van der Waals surface area contributed by atoms with Gasteiger partial charge in [-0.25, -0.2) is 9.13 Å². The molecule has 0 aliphatic carbocycles. The van der Waals surface area contributed by atoms with Crippen LogP contribution < -0.4 is 0 Å². The molecule has 0 aromatic heterocycles. The maximum absolute atomic E-state index is 13.1. The molecule has 19 heteroatoms. The summed E-state index contributed by atoms with van der Waals surface area (Å²) in [6, 6.07) is 0. The number of hydrogen-bond donors (Lipinski definition) is 3. The van der Waals surface area contributed by atoms with Gasteiger partial charge in [-0.15, -0.1) is 0 Å². The average molecular weight is 1560 g/mol. The predicted molar refractivity (Wildman–Crippen MR) is 442 cm³/mol. The summed E-state index contributed by atoms with van der Waals surface area (Å²) in [6.07, 6.45) is 75.4. The number of aliphatic hydroxyl groups excluding tert-OH is 1. The fourth-order valence-corrected chi connectivity index (χ4v) is 15.4. The third-order valence-corrected chi connectivity index (χ3v) is 22.7. The molecule has 107 heavy (non-hydrogen) atoms. The SMILES string of the molecule is CCCCCCCCCCCCCCCCCCCCCCCCC(=O)O[C@H](COC(=O)CCCCCCCCCCCCCCCCCCC(C)C)COP(=O)(O)OC[C@@H](O)COP(=O)(O)OC[C@@H](COC(=O)CCCCCCCCC)OC(=O)CCCCCCCCCCCCCCCCCCCCC. The Kier molecular flexibility index (Phi) is 79.2. The Morgan fingerprint density at radius 3 is 0.636 bits per heavy atom. The van der Waals surface area contributed by atoms with Gasteiger partial charge >= 0.3 is 39.5 Å². The lowest BCUT2D eigenvalue weighted by Gasteiger charge is -2.21. The topological polar surface area (TPSA) is 237 Å². The molecule has 0 spiro atoms. The van der Waals surface area contributed by atoms with E-state index in [2.05, 4.69) is 34.6 Å². The van der Waals surface area contributed by atoms with E-state index >= 15 is 0 Å². The van der Waals surface area contributed by atoms with Crippen LogP contribution in [0.15, 0.2) is 0 Å². The van der Waals surface area contributed by atoms with Crippen molar-refractivity contribution < 1.29 is 80.2 Å². The lowest BCUT2D eigenvalue weighted by Crippen LogP contribution is -2.30. The molecule has 0 saturated carbocycles. The molecule has 2 unspecified atom stereocenters. The van der Waals surface area contributed by atoms with Gasteiger partial charge in [-0.3, -0.25) is 37.3 Å². The Hall–Kier alpha value is -1.94. The first-order chi connectivity index (χ1) is 52.0. The molecule has 0 aliphatic heterocycles. The highest BCUT2D eigenvalue weighted by Crippen LogP contribution is 2.45. The molecule has 3 N–H and O–H groups in total. The maximum atomic E-state index is 13.1. The van der Waals surface area contributed by atoms with Crippen molar-refractivity contribution in [3.8, 4) is 0 Å². The summed E-state index contributed by atoms with van der Waals surface area (Å²) in [6.45, 7) is 7.36. The molecule has 0 aromatic carbocycles. The number of rotatable bonds is 88. The van der Waals surface area contributed by atoms with Crippen LogP contribution in [0.3, 0.4) is 0 Å². The van der Waals surface area contributed by atoms with E-state index in [1.54, 1.807) is 0 Å². The number of hydrogen-bond acceptors (Lipinski definition) is 15. The molecule has 0 heterocycles. The van der Waals surface area contributed by atoms with Gasteiger partial charge in [0.2, 0.25) is 0 Å². The van der Waals surface area contributed by atoms with E-state index < -0.39 is 97.5 Å². The highest BCUT2D eigenvalue weighted by molar-refractivity contribution is 7.47. The van der Waals surface area contributed by atoms with Crippen LogP contribution in [-0.4, -0.2) is 96.7 Å². The van der Waals surface area contributed by atoms with Crippen LogP contribution in [-0.2, 0) is 65.4 Å². The predicted octanol–water partition coefficient (Wildman–Crippen LogP) is 27.2. The van der Waals surface area contributed by atoms with Crippen molar-refractivity contribution in [2.24, 2.45) is 5.92 Å².